The van der Waals surface area contributed by atoms with Crippen molar-refractivity contribution in [3.8, 4) is 0 Å². The fourth-order valence-corrected chi connectivity index (χ4v) is 2.17. The monoisotopic (exact) mass is 311 g/mol. The van der Waals surface area contributed by atoms with Crippen LogP contribution in [-0.4, -0.2) is 50.7 Å². The Morgan fingerprint density at radius 3 is 2.55 bits per heavy atom. The molecule has 1 aromatic heterocycles. The Kier molecular flexibility index (Phi) is 5.43. The van der Waals surface area contributed by atoms with Crippen LogP contribution in [0.4, 0.5) is 13.2 Å². The average Bonchev–Trinajstić information content (AvgIpc) is 2.73. The van der Waals surface area contributed by atoms with E-state index in [4.69, 9.17) is 5.11 Å². The first-order valence-corrected chi connectivity index (χ1v) is 6.41. The summed E-state index contributed by atoms with van der Waals surface area (Å²) in [5, 5.41) is 12.3. The summed E-state index contributed by atoms with van der Waals surface area (Å²) in [6.07, 6.45) is -3.64. The van der Waals surface area contributed by atoms with E-state index < -0.39 is 31.1 Å². The molecule has 0 unspecified atom stereocenters. The molecule has 0 aliphatic rings. The van der Waals surface area contributed by atoms with Crippen LogP contribution in [0.2, 0.25) is 0 Å². The molecular weight excluding hydrogens is 299 g/mol. The van der Waals surface area contributed by atoms with E-state index in [1.165, 1.54) is 0 Å². The summed E-state index contributed by atoms with van der Waals surface area (Å²) < 4.78 is 40.7. The molecule has 6 nitrogen and oxygen atoms in total. The second-order valence-electron chi connectivity index (χ2n) is 3.97. The SMILES string of the molecule is CCCc1nnsc1C(=O)N(CC(=O)O)CC(F)(F)F. The number of aromatic nitrogens is 2. The normalized spacial score (nSPS) is 11.4. The smallest absolute Gasteiger partial charge is 0.406 e. The van der Waals surface area contributed by atoms with Crippen molar-refractivity contribution in [2.24, 2.45) is 0 Å². The molecule has 0 aromatic carbocycles. The van der Waals surface area contributed by atoms with Crippen molar-refractivity contribution in [1.29, 1.82) is 0 Å². The predicted octanol–water partition coefficient (Wildman–Crippen LogP) is 1.58. The van der Waals surface area contributed by atoms with Gasteiger partial charge in [-0.1, -0.05) is 17.8 Å². The number of carboxylic acid groups (broad SMARTS) is 1. The Labute approximate surface area is 116 Å². The molecule has 0 bridgehead atoms. The van der Waals surface area contributed by atoms with Gasteiger partial charge in [-0.25, -0.2) is 0 Å². The number of alkyl halides is 3. The number of rotatable bonds is 6. The highest BCUT2D eigenvalue weighted by Gasteiger charge is 2.35. The molecule has 0 spiro atoms. The second kappa shape index (κ2) is 6.64. The van der Waals surface area contributed by atoms with Gasteiger partial charge in [0.15, 0.2) is 0 Å². The topological polar surface area (TPSA) is 83.4 Å². The largest absolute Gasteiger partial charge is 0.480 e. The lowest BCUT2D eigenvalue weighted by Crippen LogP contribution is -2.42. The van der Waals surface area contributed by atoms with Gasteiger partial charge in [0.05, 0.1) is 5.69 Å². The van der Waals surface area contributed by atoms with Crippen LogP contribution in [0.15, 0.2) is 0 Å². The Morgan fingerprint density at radius 2 is 2.05 bits per heavy atom. The average molecular weight is 311 g/mol. The first-order chi connectivity index (χ1) is 9.24. The van der Waals surface area contributed by atoms with Gasteiger partial charge >= 0.3 is 12.1 Å². The van der Waals surface area contributed by atoms with Crippen molar-refractivity contribution in [1.82, 2.24) is 14.5 Å². The van der Waals surface area contributed by atoms with E-state index in [9.17, 15) is 22.8 Å². The number of carbonyl (C=O) groups excluding carboxylic acids is 1. The van der Waals surface area contributed by atoms with E-state index >= 15 is 0 Å². The summed E-state index contributed by atoms with van der Waals surface area (Å²) in [6.45, 7) is -0.832. The third-order valence-corrected chi connectivity index (χ3v) is 2.98. The van der Waals surface area contributed by atoms with Crippen molar-refractivity contribution >= 4 is 23.4 Å². The summed E-state index contributed by atoms with van der Waals surface area (Å²) in [5.41, 5.74) is 0.292. The van der Waals surface area contributed by atoms with Crippen molar-refractivity contribution in [3.05, 3.63) is 10.6 Å². The minimum atomic E-state index is -4.67. The van der Waals surface area contributed by atoms with E-state index in [1.807, 2.05) is 6.92 Å². The van der Waals surface area contributed by atoms with Crippen LogP contribution >= 0.6 is 11.5 Å². The second-order valence-corrected chi connectivity index (χ2v) is 4.72. The number of hydrogen-bond acceptors (Lipinski definition) is 5. The summed E-state index contributed by atoms with van der Waals surface area (Å²) in [7, 11) is 0. The third-order valence-electron chi connectivity index (χ3n) is 2.22. The first-order valence-electron chi connectivity index (χ1n) is 5.63. The molecule has 112 valence electrons. The zero-order valence-electron chi connectivity index (χ0n) is 10.5. The molecular formula is C10H12F3N3O3S. The summed E-state index contributed by atoms with van der Waals surface area (Å²) >= 11 is 0.666. The number of aryl methyl sites for hydroxylation is 1. The lowest BCUT2D eigenvalue weighted by Gasteiger charge is -2.21. The number of hydrogen-bond donors (Lipinski definition) is 1. The molecule has 1 aromatic rings. The summed E-state index contributed by atoms with van der Waals surface area (Å²) in [4.78, 5) is 22.8. The number of amides is 1. The fourth-order valence-electron chi connectivity index (χ4n) is 1.49. The van der Waals surface area contributed by atoms with E-state index in [-0.39, 0.29) is 9.78 Å². The van der Waals surface area contributed by atoms with Gasteiger partial charge in [0.25, 0.3) is 5.91 Å². The van der Waals surface area contributed by atoms with Gasteiger partial charge in [-0.05, 0) is 18.0 Å². The van der Waals surface area contributed by atoms with Gasteiger partial charge in [0.1, 0.15) is 18.0 Å². The molecule has 0 saturated heterocycles. The Hall–Kier alpha value is -1.71. The van der Waals surface area contributed by atoms with E-state index in [0.29, 0.717) is 30.1 Å². The Balaban J connectivity index is 2.97. The molecule has 1 rings (SSSR count). The van der Waals surface area contributed by atoms with Crippen molar-refractivity contribution in [2.75, 3.05) is 13.1 Å². The molecule has 1 amide bonds. The third kappa shape index (κ3) is 4.76. The summed E-state index contributed by atoms with van der Waals surface area (Å²) in [6, 6.07) is 0. The molecule has 20 heavy (non-hydrogen) atoms. The molecule has 1 N–H and O–H groups in total. The van der Waals surface area contributed by atoms with Crippen LogP contribution < -0.4 is 0 Å². The van der Waals surface area contributed by atoms with Crippen LogP contribution in [-0.2, 0) is 11.2 Å². The summed E-state index contributed by atoms with van der Waals surface area (Å²) in [5.74, 6) is -2.53. The molecule has 0 saturated carbocycles. The highest BCUT2D eigenvalue weighted by atomic mass is 32.1. The van der Waals surface area contributed by atoms with Crippen molar-refractivity contribution in [3.63, 3.8) is 0 Å². The maximum atomic E-state index is 12.4. The van der Waals surface area contributed by atoms with Gasteiger partial charge in [-0.2, -0.15) is 13.2 Å². The standard InChI is InChI=1S/C10H12F3N3O3S/c1-2-3-6-8(20-15-14-6)9(19)16(4-7(17)18)5-10(11,12)13/h2-5H2,1H3,(H,17,18). The number of nitrogens with zero attached hydrogens (tertiary/aromatic N) is 3. The highest BCUT2D eigenvalue weighted by Crippen LogP contribution is 2.20. The minimum absolute atomic E-state index is 0.0441. The highest BCUT2D eigenvalue weighted by molar-refractivity contribution is 7.08. The van der Waals surface area contributed by atoms with Gasteiger partial charge in [0.2, 0.25) is 0 Å². The van der Waals surface area contributed by atoms with Crippen LogP contribution in [0.1, 0.15) is 28.7 Å². The van der Waals surface area contributed by atoms with Crippen LogP contribution in [0, 0.1) is 0 Å². The Bertz CT molecular complexity index is 490. The Morgan fingerprint density at radius 1 is 1.40 bits per heavy atom. The maximum Gasteiger partial charge on any atom is 0.406 e. The van der Waals surface area contributed by atoms with Crippen molar-refractivity contribution < 1.29 is 27.9 Å². The fraction of sp³-hybridized carbons (Fsp3) is 0.600. The molecule has 0 aliphatic carbocycles. The molecule has 1 heterocycles. The number of carbonyl (C=O) groups is 2. The lowest BCUT2D eigenvalue weighted by atomic mass is 10.2. The van der Waals surface area contributed by atoms with Gasteiger partial charge < -0.3 is 10.0 Å². The van der Waals surface area contributed by atoms with Crippen LogP contribution in [0.5, 0.6) is 0 Å². The predicted molar refractivity (Wildman–Crippen MR) is 63.5 cm³/mol. The van der Waals surface area contributed by atoms with E-state index in [0.717, 1.165) is 0 Å². The van der Waals surface area contributed by atoms with Gasteiger partial charge in [-0.15, -0.1) is 5.10 Å². The van der Waals surface area contributed by atoms with E-state index in [1.54, 1.807) is 0 Å². The number of aliphatic carboxylic acids is 1. The van der Waals surface area contributed by atoms with Crippen LogP contribution in [0.3, 0.4) is 0 Å². The molecule has 0 fully saturated rings. The molecule has 10 heteroatoms. The first kappa shape index (κ1) is 16.3. The van der Waals surface area contributed by atoms with Gasteiger partial charge in [0, 0.05) is 0 Å². The minimum Gasteiger partial charge on any atom is -0.480 e. The molecule has 0 aliphatic heterocycles. The molecule has 0 atom stereocenters. The number of halogens is 3. The van der Waals surface area contributed by atoms with Crippen molar-refractivity contribution in [2.45, 2.75) is 25.9 Å². The lowest BCUT2D eigenvalue weighted by molar-refractivity contribution is -0.149. The molecule has 0 radical (unpaired) electrons. The maximum absolute atomic E-state index is 12.4. The van der Waals surface area contributed by atoms with Gasteiger partial charge in [-0.3, -0.25) is 9.59 Å². The van der Waals surface area contributed by atoms with Crippen LogP contribution in [0.25, 0.3) is 0 Å². The van der Waals surface area contributed by atoms with E-state index in [2.05, 4.69) is 9.59 Å². The number of carboxylic acids is 1. The zero-order chi connectivity index (χ0) is 15.3. The quantitative estimate of drug-likeness (QED) is 0.862. The zero-order valence-corrected chi connectivity index (χ0v) is 11.3.